The molecule has 0 spiro atoms. The van der Waals surface area contributed by atoms with Crippen LogP contribution in [0.3, 0.4) is 0 Å². The molecule has 1 fully saturated rings. The fraction of sp³-hybridized carbons (Fsp3) is 0.368. The molecule has 0 unspecified atom stereocenters. The van der Waals surface area contributed by atoms with E-state index in [4.69, 9.17) is 0 Å². The van der Waals surface area contributed by atoms with E-state index >= 15 is 0 Å². The summed E-state index contributed by atoms with van der Waals surface area (Å²) in [5.74, 6) is 0.0172. The van der Waals surface area contributed by atoms with Crippen molar-refractivity contribution in [3.8, 4) is 0 Å². The van der Waals surface area contributed by atoms with Gasteiger partial charge in [-0.2, -0.15) is 0 Å². The summed E-state index contributed by atoms with van der Waals surface area (Å²) in [5, 5.41) is 3.38. The van der Waals surface area contributed by atoms with Crippen LogP contribution >= 0.6 is 0 Å². The lowest BCUT2D eigenvalue weighted by Crippen LogP contribution is -2.47. The Morgan fingerprint density at radius 3 is 2.54 bits per heavy atom. The smallest absolute Gasteiger partial charge is 0.272 e. The van der Waals surface area contributed by atoms with E-state index in [2.05, 4.69) is 41.3 Å². The molecule has 1 aliphatic rings. The van der Waals surface area contributed by atoms with Crippen LogP contribution in [0, 0.1) is 0 Å². The Bertz CT molecular complexity index is 691. The highest BCUT2D eigenvalue weighted by Crippen LogP contribution is 2.21. The number of likely N-dealkylation sites (N-methyl/N-ethyl adjacent to an activating group) is 1. The number of nitrogens with zero attached hydrogens (tertiary/aromatic N) is 3. The van der Waals surface area contributed by atoms with Crippen molar-refractivity contribution < 1.29 is 4.79 Å². The Morgan fingerprint density at radius 1 is 1.12 bits per heavy atom. The van der Waals surface area contributed by atoms with Gasteiger partial charge in [-0.3, -0.25) is 4.79 Å². The Hall–Kier alpha value is -2.40. The van der Waals surface area contributed by atoms with Crippen molar-refractivity contribution >= 4 is 17.3 Å². The van der Waals surface area contributed by atoms with Crippen molar-refractivity contribution in [3.05, 3.63) is 53.9 Å². The van der Waals surface area contributed by atoms with Crippen LogP contribution in [-0.4, -0.2) is 53.9 Å². The van der Waals surface area contributed by atoms with Gasteiger partial charge in [0, 0.05) is 31.9 Å². The molecule has 1 aromatic carbocycles. The Kier molecular flexibility index (Phi) is 5.11. The number of para-hydroxylation sites is 1. The molecule has 1 saturated heterocycles. The molecule has 5 heteroatoms. The van der Waals surface area contributed by atoms with Gasteiger partial charge in [0.2, 0.25) is 0 Å². The van der Waals surface area contributed by atoms with Gasteiger partial charge in [-0.15, -0.1) is 0 Å². The average molecular weight is 324 g/mol. The third kappa shape index (κ3) is 3.74. The molecule has 0 radical (unpaired) electrons. The molecule has 1 amide bonds. The van der Waals surface area contributed by atoms with Crippen LogP contribution < -0.4 is 5.32 Å². The lowest BCUT2D eigenvalue weighted by molar-refractivity contribution is 0.0658. The number of benzene rings is 1. The van der Waals surface area contributed by atoms with Gasteiger partial charge >= 0.3 is 0 Å². The van der Waals surface area contributed by atoms with Crippen LogP contribution in [0.25, 0.3) is 0 Å². The minimum absolute atomic E-state index is 0.0172. The summed E-state index contributed by atoms with van der Waals surface area (Å²) < 4.78 is 0. The molecule has 1 aliphatic heterocycles. The van der Waals surface area contributed by atoms with E-state index in [0.717, 1.165) is 44.0 Å². The van der Waals surface area contributed by atoms with Gasteiger partial charge in [-0.1, -0.05) is 25.1 Å². The van der Waals surface area contributed by atoms with Gasteiger partial charge in [-0.25, -0.2) is 4.98 Å². The zero-order valence-corrected chi connectivity index (χ0v) is 14.3. The predicted molar refractivity (Wildman–Crippen MR) is 96.7 cm³/mol. The molecule has 0 aliphatic carbocycles. The van der Waals surface area contributed by atoms with Crippen LogP contribution in [-0.2, 0) is 6.42 Å². The molecule has 0 atom stereocenters. The van der Waals surface area contributed by atoms with Crippen molar-refractivity contribution in [2.75, 3.05) is 38.5 Å². The molecular formula is C19H24N4O. The highest BCUT2D eigenvalue weighted by atomic mass is 16.2. The SMILES string of the molecule is CCc1ccccc1Nc1ccc(C(=O)N2CCN(C)CC2)nc1. The molecule has 0 bridgehead atoms. The van der Waals surface area contributed by atoms with Crippen LogP contribution in [0.4, 0.5) is 11.4 Å². The second kappa shape index (κ2) is 7.45. The molecule has 5 nitrogen and oxygen atoms in total. The number of aromatic nitrogens is 1. The lowest BCUT2D eigenvalue weighted by Gasteiger charge is -2.32. The fourth-order valence-electron chi connectivity index (χ4n) is 2.87. The summed E-state index contributed by atoms with van der Waals surface area (Å²) in [5.41, 5.74) is 3.75. The highest BCUT2D eigenvalue weighted by molar-refractivity contribution is 5.92. The summed E-state index contributed by atoms with van der Waals surface area (Å²) in [6.45, 7) is 5.50. The summed E-state index contributed by atoms with van der Waals surface area (Å²) in [4.78, 5) is 21.0. The Balaban J connectivity index is 1.68. The normalized spacial score (nSPS) is 15.3. The molecule has 24 heavy (non-hydrogen) atoms. The summed E-state index contributed by atoms with van der Waals surface area (Å²) >= 11 is 0. The van der Waals surface area contributed by atoms with Crippen LogP contribution in [0.15, 0.2) is 42.6 Å². The molecule has 2 aromatic rings. The van der Waals surface area contributed by atoms with Crippen molar-refractivity contribution in [1.29, 1.82) is 0 Å². The first-order valence-electron chi connectivity index (χ1n) is 8.46. The zero-order chi connectivity index (χ0) is 16.9. The quantitative estimate of drug-likeness (QED) is 0.939. The highest BCUT2D eigenvalue weighted by Gasteiger charge is 2.21. The van der Waals surface area contributed by atoms with Crippen molar-refractivity contribution in [3.63, 3.8) is 0 Å². The number of anilines is 2. The molecular weight excluding hydrogens is 300 g/mol. The molecule has 0 saturated carbocycles. The second-order valence-electron chi connectivity index (χ2n) is 6.16. The third-order valence-electron chi connectivity index (χ3n) is 4.45. The maximum Gasteiger partial charge on any atom is 0.272 e. The number of pyridine rings is 1. The second-order valence-corrected chi connectivity index (χ2v) is 6.16. The van der Waals surface area contributed by atoms with Gasteiger partial charge in [-0.05, 0) is 37.2 Å². The summed E-state index contributed by atoms with van der Waals surface area (Å²) in [6, 6.07) is 11.9. The van der Waals surface area contributed by atoms with E-state index in [1.54, 1.807) is 12.3 Å². The number of hydrogen-bond donors (Lipinski definition) is 1. The van der Waals surface area contributed by atoms with Crippen molar-refractivity contribution in [1.82, 2.24) is 14.8 Å². The van der Waals surface area contributed by atoms with Crippen LogP contribution in [0.5, 0.6) is 0 Å². The predicted octanol–water partition coefficient (Wildman–Crippen LogP) is 2.78. The molecule has 1 aromatic heterocycles. The van der Waals surface area contributed by atoms with Crippen LogP contribution in [0.2, 0.25) is 0 Å². The minimum Gasteiger partial charge on any atom is -0.354 e. The number of rotatable bonds is 4. The zero-order valence-electron chi connectivity index (χ0n) is 14.3. The Morgan fingerprint density at radius 2 is 1.88 bits per heavy atom. The van der Waals surface area contributed by atoms with Gasteiger partial charge in [0.05, 0.1) is 11.9 Å². The topological polar surface area (TPSA) is 48.5 Å². The van der Waals surface area contributed by atoms with E-state index in [-0.39, 0.29) is 5.91 Å². The summed E-state index contributed by atoms with van der Waals surface area (Å²) in [6.07, 6.45) is 2.70. The molecule has 126 valence electrons. The van der Waals surface area contributed by atoms with Gasteiger partial charge in [0.15, 0.2) is 0 Å². The largest absolute Gasteiger partial charge is 0.354 e. The van der Waals surface area contributed by atoms with E-state index in [9.17, 15) is 4.79 Å². The number of carbonyl (C=O) groups is 1. The number of nitrogens with one attached hydrogen (secondary N) is 1. The van der Waals surface area contributed by atoms with E-state index < -0.39 is 0 Å². The maximum atomic E-state index is 12.5. The summed E-state index contributed by atoms with van der Waals surface area (Å²) in [7, 11) is 2.08. The fourth-order valence-corrected chi connectivity index (χ4v) is 2.87. The lowest BCUT2D eigenvalue weighted by atomic mass is 10.1. The first kappa shape index (κ1) is 16.5. The average Bonchev–Trinajstić information content (AvgIpc) is 2.63. The number of carbonyl (C=O) groups excluding carboxylic acids is 1. The first-order chi connectivity index (χ1) is 11.7. The first-order valence-corrected chi connectivity index (χ1v) is 8.46. The van der Waals surface area contributed by atoms with E-state index in [1.165, 1.54) is 5.56 Å². The standard InChI is InChI=1S/C19H24N4O/c1-3-15-6-4-5-7-17(15)21-16-8-9-18(20-14-16)19(24)23-12-10-22(2)11-13-23/h4-9,14,21H,3,10-13H2,1-2H3. The number of amides is 1. The maximum absolute atomic E-state index is 12.5. The molecule has 1 N–H and O–H groups in total. The van der Waals surface area contributed by atoms with Crippen molar-refractivity contribution in [2.45, 2.75) is 13.3 Å². The van der Waals surface area contributed by atoms with E-state index in [1.807, 2.05) is 23.1 Å². The Labute approximate surface area is 143 Å². The minimum atomic E-state index is 0.0172. The van der Waals surface area contributed by atoms with Crippen molar-refractivity contribution in [2.24, 2.45) is 0 Å². The monoisotopic (exact) mass is 324 g/mol. The van der Waals surface area contributed by atoms with Gasteiger partial charge < -0.3 is 15.1 Å². The number of piperazine rings is 1. The number of aryl methyl sites for hydroxylation is 1. The third-order valence-corrected chi connectivity index (χ3v) is 4.45. The van der Waals surface area contributed by atoms with E-state index in [0.29, 0.717) is 5.69 Å². The van der Waals surface area contributed by atoms with Gasteiger partial charge in [0.1, 0.15) is 5.69 Å². The molecule has 3 rings (SSSR count). The van der Waals surface area contributed by atoms with Crippen LogP contribution in [0.1, 0.15) is 23.0 Å². The number of hydrogen-bond acceptors (Lipinski definition) is 4. The van der Waals surface area contributed by atoms with Gasteiger partial charge in [0.25, 0.3) is 5.91 Å². The molecule has 2 heterocycles.